The summed E-state index contributed by atoms with van der Waals surface area (Å²) in [6.45, 7) is 1.47. The fraction of sp³-hybridized carbons (Fsp3) is 0.276. The number of amides is 3. The quantitative estimate of drug-likeness (QED) is 0.0441. The third kappa shape index (κ3) is 8.79. The van der Waals surface area contributed by atoms with Gasteiger partial charge in [0, 0.05) is 31.0 Å². The van der Waals surface area contributed by atoms with Gasteiger partial charge in [-0.15, -0.1) is 35.5 Å². The van der Waals surface area contributed by atoms with E-state index in [-0.39, 0.29) is 48.1 Å². The first-order valence-corrected chi connectivity index (χ1v) is 16.5. The van der Waals surface area contributed by atoms with Crippen molar-refractivity contribution in [1.29, 1.82) is 0 Å². The normalized spacial score (nSPS) is 17.3. The van der Waals surface area contributed by atoms with Crippen molar-refractivity contribution in [2.45, 2.75) is 28.7 Å². The topological polar surface area (TPSA) is 171 Å². The number of hydrogen-bond donors (Lipinski definition) is 4. The highest BCUT2D eigenvalue weighted by atomic mass is 35.5. The second-order valence-electron chi connectivity index (χ2n) is 9.72. The predicted octanol–water partition coefficient (Wildman–Crippen LogP) is -0.796. The van der Waals surface area contributed by atoms with Crippen LogP contribution in [0.15, 0.2) is 81.5 Å². The summed E-state index contributed by atoms with van der Waals surface area (Å²) in [6, 6.07) is 10.4. The van der Waals surface area contributed by atoms with Gasteiger partial charge in [-0.1, -0.05) is 30.0 Å². The van der Waals surface area contributed by atoms with E-state index in [0.717, 1.165) is 14.6 Å². The van der Waals surface area contributed by atoms with Gasteiger partial charge < -0.3 is 33.9 Å². The summed E-state index contributed by atoms with van der Waals surface area (Å²) in [4.78, 5) is 59.8. The molecule has 0 radical (unpaired) electrons. The van der Waals surface area contributed by atoms with E-state index >= 15 is 0 Å². The molecular weight excluding hydrogens is 693 g/mol. The molecule has 12 nitrogen and oxygen atoms in total. The van der Waals surface area contributed by atoms with E-state index in [1.54, 1.807) is 36.7 Å². The Morgan fingerprint density at radius 3 is 2.70 bits per heavy atom. The van der Waals surface area contributed by atoms with Crippen LogP contribution in [0.5, 0.6) is 0 Å². The number of allylic oxidation sites excluding steroid dienone is 2. The number of nitrogens with zero attached hydrogens (tertiary/aromatic N) is 4. The number of halogens is 2. The number of benzene rings is 1. The molecule has 0 saturated carbocycles. The van der Waals surface area contributed by atoms with Crippen LogP contribution in [0.25, 0.3) is 10.2 Å². The summed E-state index contributed by atoms with van der Waals surface area (Å²) in [5.41, 5.74) is 7.03. The second kappa shape index (κ2) is 17.3. The number of β-lactam (4-membered cyclic amide) rings is 1. The molecule has 244 valence electrons. The zero-order chi connectivity index (χ0) is 31.1. The van der Waals surface area contributed by atoms with Gasteiger partial charge >= 0.3 is 5.97 Å². The average Bonchev–Trinajstić information content (AvgIpc) is 3.45. The molecule has 46 heavy (non-hydrogen) atoms. The third-order valence-electron chi connectivity index (χ3n) is 6.76. The van der Waals surface area contributed by atoms with Gasteiger partial charge in [-0.3, -0.25) is 24.3 Å². The van der Waals surface area contributed by atoms with Crippen molar-refractivity contribution in [3.8, 4) is 0 Å². The Hall–Kier alpha value is -3.63. The Kier molecular flexibility index (Phi) is 13.9. The maximum absolute atomic E-state index is 13.0. The van der Waals surface area contributed by atoms with E-state index < -0.39 is 23.3 Å². The second-order valence-corrected chi connectivity index (χ2v) is 13.1. The Morgan fingerprint density at radius 2 is 1.98 bits per heavy atom. The molecule has 2 aliphatic heterocycles. The van der Waals surface area contributed by atoms with Crippen molar-refractivity contribution in [3.63, 3.8) is 0 Å². The lowest BCUT2D eigenvalue weighted by Crippen LogP contribution is -3.00. The lowest BCUT2D eigenvalue weighted by atomic mass is 10.0. The van der Waals surface area contributed by atoms with E-state index in [0.29, 0.717) is 42.9 Å². The number of carbonyl (C=O) groups is 4. The number of carboxylic acid groups (broad SMARTS) is 1. The van der Waals surface area contributed by atoms with Crippen LogP contribution in [0.4, 0.5) is 0 Å². The fourth-order valence-corrected chi connectivity index (χ4v) is 7.82. The van der Waals surface area contributed by atoms with Gasteiger partial charge in [0.2, 0.25) is 5.91 Å². The van der Waals surface area contributed by atoms with E-state index in [1.807, 2.05) is 28.8 Å². The number of rotatable bonds is 13. The zero-order valence-electron chi connectivity index (χ0n) is 24.2. The summed E-state index contributed by atoms with van der Waals surface area (Å²) in [5.74, 6) is -1.66. The standard InChI is InChI=1S/C29H29N7O5S3.2ClH/c30-17-31-10-4-11-32-25(38)18-8-13-35(14-9-18)12-3-5-19-15-42-27-23(26(39)36(27)24(19)28(40)41)34-22(37)16-43-29-33-20-6-1-2-7-21(20)44-29;;/h1-3,5-9,13-14,17,23,27H,4,10-12,15-16H2,(H4-,30,31,32,34,37,38,40,41);2*1H/b5-3+;;/t23-,27-;;/m1../s1. The van der Waals surface area contributed by atoms with Gasteiger partial charge in [-0.2, -0.15) is 0 Å². The molecule has 0 aliphatic carbocycles. The molecule has 4 heterocycles. The Bertz CT molecular complexity index is 1630. The Balaban J connectivity index is 0.00000288. The van der Waals surface area contributed by atoms with Gasteiger partial charge in [0.05, 0.1) is 27.9 Å². The number of pyridine rings is 1. The maximum Gasteiger partial charge on any atom is 0.352 e. The first-order valence-electron chi connectivity index (χ1n) is 13.7. The Morgan fingerprint density at radius 1 is 1.22 bits per heavy atom. The average molecular weight is 725 g/mol. The monoisotopic (exact) mass is 723 g/mol. The number of hydrogen-bond acceptors (Lipinski definition) is 9. The highest BCUT2D eigenvalue weighted by Crippen LogP contribution is 2.40. The number of thioether (sulfide) groups is 2. The minimum atomic E-state index is -1.20. The van der Waals surface area contributed by atoms with Crippen LogP contribution in [-0.4, -0.2) is 81.0 Å². The first-order chi connectivity index (χ1) is 21.4. The number of carboxylic acids is 1. The number of aliphatic carboxylic acids is 1. The molecule has 1 saturated heterocycles. The lowest BCUT2D eigenvalue weighted by Gasteiger charge is -2.49. The molecule has 1 fully saturated rings. The molecule has 0 spiro atoms. The summed E-state index contributed by atoms with van der Waals surface area (Å²) < 4.78 is 3.65. The van der Waals surface area contributed by atoms with Gasteiger partial charge in [0.25, 0.3) is 11.8 Å². The molecule has 1 aromatic carbocycles. The van der Waals surface area contributed by atoms with Crippen LogP contribution in [-0.2, 0) is 20.9 Å². The van der Waals surface area contributed by atoms with Crippen LogP contribution in [0, 0.1) is 0 Å². The smallest absolute Gasteiger partial charge is 0.352 e. The van der Waals surface area contributed by atoms with Crippen LogP contribution < -0.4 is 33.3 Å². The van der Waals surface area contributed by atoms with E-state index in [9.17, 15) is 24.3 Å². The molecule has 5 N–H and O–H groups in total. The molecular formula is C29H31Cl2N7O5S3. The minimum absolute atomic E-state index is 0. The molecule has 5 rings (SSSR count). The number of aliphatic imine (C=N–C) groups is 1. The number of fused-ring (bicyclic) bond motifs is 2. The van der Waals surface area contributed by atoms with Gasteiger partial charge in [-0.05, 0) is 30.2 Å². The summed E-state index contributed by atoms with van der Waals surface area (Å²) >= 11 is 4.22. The maximum atomic E-state index is 13.0. The number of carbonyl (C=O) groups excluding carboxylic acids is 3. The molecule has 2 aromatic heterocycles. The summed E-state index contributed by atoms with van der Waals surface area (Å²) in [5, 5.41) is 15.1. The zero-order valence-corrected chi connectivity index (χ0v) is 28.2. The summed E-state index contributed by atoms with van der Waals surface area (Å²) in [6.07, 6.45) is 8.96. The molecule has 2 aliphatic rings. The molecule has 17 heteroatoms. The van der Waals surface area contributed by atoms with E-state index in [2.05, 4.69) is 20.6 Å². The lowest BCUT2D eigenvalue weighted by molar-refractivity contribution is -0.687. The highest BCUT2D eigenvalue weighted by Gasteiger charge is 2.53. The summed E-state index contributed by atoms with van der Waals surface area (Å²) in [7, 11) is 0. The number of nitrogens with one attached hydrogen (secondary N) is 2. The number of nitrogens with two attached hydrogens (primary N) is 1. The van der Waals surface area contributed by atoms with Crippen molar-refractivity contribution in [3.05, 3.63) is 77.8 Å². The van der Waals surface area contributed by atoms with E-state index in [1.165, 1.54) is 46.1 Å². The predicted molar refractivity (Wildman–Crippen MR) is 178 cm³/mol. The fourth-order valence-electron chi connectivity index (χ4n) is 4.62. The van der Waals surface area contributed by atoms with Crippen molar-refractivity contribution in [2.75, 3.05) is 24.6 Å². The first kappa shape index (κ1) is 36.8. The van der Waals surface area contributed by atoms with Gasteiger partial charge in [0.15, 0.2) is 23.3 Å². The van der Waals surface area contributed by atoms with Crippen LogP contribution >= 0.6 is 47.3 Å². The van der Waals surface area contributed by atoms with Gasteiger partial charge in [0.1, 0.15) is 17.1 Å². The van der Waals surface area contributed by atoms with E-state index in [4.69, 9.17) is 5.73 Å². The molecule has 0 bridgehead atoms. The number of para-hydroxylation sites is 1. The molecule has 2 atom stereocenters. The van der Waals surface area contributed by atoms with Crippen LogP contribution in [0.3, 0.4) is 0 Å². The van der Waals surface area contributed by atoms with Crippen LogP contribution in [0.2, 0.25) is 0 Å². The minimum Gasteiger partial charge on any atom is -1.00 e. The van der Waals surface area contributed by atoms with Crippen molar-refractivity contribution in [2.24, 2.45) is 10.7 Å². The van der Waals surface area contributed by atoms with Gasteiger partial charge in [-0.25, -0.2) is 14.3 Å². The van der Waals surface area contributed by atoms with Crippen molar-refractivity contribution >= 4 is 87.5 Å². The SMILES string of the molecule is Cl.NC=NCCCNC(=O)c1cc[n+](C/C=C/C2=C(C(=O)O)N3C(=O)[C@@H](NC(=O)CSc4nc5ccccc5s4)[C@H]3SC2)cc1.[Cl-]. The highest BCUT2D eigenvalue weighted by molar-refractivity contribution is 8.01. The number of aromatic nitrogens is 2. The third-order valence-corrected chi connectivity index (χ3v) is 10.2. The molecule has 0 unspecified atom stereocenters. The molecule has 3 amide bonds. The van der Waals surface area contributed by atoms with Crippen molar-refractivity contribution < 1.29 is 41.3 Å². The number of thiazole rings is 1. The molecule has 3 aromatic rings. The Labute approximate surface area is 289 Å². The largest absolute Gasteiger partial charge is 1.00 e. The van der Waals surface area contributed by atoms with Crippen molar-refractivity contribution in [1.82, 2.24) is 20.5 Å². The van der Waals surface area contributed by atoms with Crippen LogP contribution in [0.1, 0.15) is 16.8 Å².